The summed E-state index contributed by atoms with van der Waals surface area (Å²) in [6.07, 6.45) is -1.58. The van der Waals surface area contributed by atoms with Gasteiger partial charge in [-0.2, -0.15) is 11.8 Å². The second-order valence-electron chi connectivity index (χ2n) is 16.5. The molecule has 0 bridgehead atoms. The summed E-state index contributed by atoms with van der Waals surface area (Å²) in [5.41, 5.74) is 12.1. The number of rotatable bonds is 31. The smallest absolute Gasteiger partial charge is 0.326 e. The van der Waals surface area contributed by atoms with Crippen LogP contribution < -0.4 is 43.4 Å². The van der Waals surface area contributed by atoms with Crippen LogP contribution in [0.2, 0.25) is 0 Å². The SMILES string of the molecule is CSCC[C@H](NC(=O)[C@@H]1CCCN1C(=O)[C@H](CC(N)=O)NC(=O)[C@H](CCC(=O)O)NC(=O)[C@H](CCC(=O)O)NC(=O)[C@H](Cc1c[nH]c2ccccc12)NC(=O)[C@H](CCC(=O)O)NC(=O)[C@@H](N)CO)C(=O)O. The summed E-state index contributed by atoms with van der Waals surface area (Å²) in [5.74, 6) is -13.9. The molecule has 2 aromatic rings. The number of primary amides is 1. The predicted molar refractivity (Wildman–Crippen MR) is 248 cm³/mol. The Balaban J connectivity index is 1.96. The van der Waals surface area contributed by atoms with Gasteiger partial charge in [0.25, 0.3) is 0 Å². The number of carbonyl (C=O) groups excluding carboxylic acids is 8. The Morgan fingerprint density at radius 2 is 1.18 bits per heavy atom. The maximum absolute atomic E-state index is 14.3. The van der Waals surface area contributed by atoms with Gasteiger partial charge in [-0.15, -0.1) is 0 Å². The number of H-pyrrole nitrogens is 1. The van der Waals surface area contributed by atoms with E-state index in [-0.39, 0.29) is 32.2 Å². The van der Waals surface area contributed by atoms with Gasteiger partial charge in [-0.3, -0.25) is 52.7 Å². The number of aromatic amines is 1. The van der Waals surface area contributed by atoms with Crippen molar-refractivity contribution in [2.45, 2.75) is 119 Å². The largest absolute Gasteiger partial charge is 0.481 e. The highest BCUT2D eigenvalue weighted by molar-refractivity contribution is 7.98. The van der Waals surface area contributed by atoms with Crippen molar-refractivity contribution in [2.24, 2.45) is 11.5 Å². The molecule has 1 fully saturated rings. The van der Waals surface area contributed by atoms with Crippen molar-refractivity contribution >= 4 is 93.8 Å². The number of aliphatic hydroxyl groups is 1. The van der Waals surface area contributed by atoms with Gasteiger partial charge >= 0.3 is 23.9 Å². The van der Waals surface area contributed by atoms with Crippen LogP contribution in [0.25, 0.3) is 10.9 Å². The molecule has 1 saturated heterocycles. The van der Waals surface area contributed by atoms with Gasteiger partial charge < -0.3 is 78.8 Å². The highest BCUT2D eigenvalue weighted by atomic mass is 32.2. The van der Waals surface area contributed by atoms with Crippen LogP contribution in [0.1, 0.15) is 69.8 Å². The average molecular weight is 1020 g/mol. The molecule has 8 amide bonds. The number of nitrogens with two attached hydrogens (primary N) is 2. The highest BCUT2D eigenvalue weighted by Gasteiger charge is 2.41. The summed E-state index contributed by atoms with van der Waals surface area (Å²) in [7, 11) is 0. The average Bonchev–Trinajstić information content (AvgIpc) is 3.98. The molecular weight excluding hydrogens is 961 g/mol. The van der Waals surface area contributed by atoms with Crippen molar-refractivity contribution in [1.29, 1.82) is 0 Å². The number of nitrogens with zero attached hydrogens (tertiary/aromatic N) is 1. The highest BCUT2D eigenvalue weighted by Crippen LogP contribution is 2.22. The van der Waals surface area contributed by atoms with Gasteiger partial charge in [0.1, 0.15) is 48.3 Å². The summed E-state index contributed by atoms with van der Waals surface area (Å²) in [4.78, 5) is 159. The first kappa shape index (κ1) is 58.0. The number of fused-ring (bicyclic) bond motifs is 1. The lowest BCUT2D eigenvalue weighted by molar-refractivity contribution is -0.145. The van der Waals surface area contributed by atoms with E-state index < -0.39 is 171 Å². The van der Waals surface area contributed by atoms with Crippen LogP contribution in [-0.4, -0.2) is 180 Å². The Hall–Kier alpha value is -7.33. The molecule has 71 heavy (non-hydrogen) atoms. The summed E-state index contributed by atoms with van der Waals surface area (Å²) in [6, 6.07) is -6.05. The third kappa shape index (κ3) is 18.5. The summed E-state index contributed by atoms with van der Waals surface area (Å²) >= 11 is 1.34. The quantitative estimate of drug-likeness (QED) is 0.0345. The molecule has 1 aliphatic heterocycles. The molecule has 0 radical (unpaired) electrons. The van der Waals surface area contributed by atoms with Crippen LogP contribution in [0.3, 0.4) is 0 Å². The number of para-hydroxylation sites is 1. The molecule has 3 rings (SSSR count). The van der Waals surface area contributed by atoms with E-state index in [2.05, 4.69) is 36.9 Å². The molecule has 1 aromatic carbocycles. The van der Waals surface area contributed by atoms with Crippen molar-refractivity contribution in [3.8, 4) is 0 Å². The molecule has 8 atom stereocenters. The topological polar surface area (TPSA) is 449 Å². The normalized spacial score (nSPS) is 16.2. The number of nitrogens with one attached hydrogen (secondary N) is 7. The molecule has 1 aromatic heterocycles. The van der Waals surface area contributed by atoms with E-state index in [1.807, 2.05) is 0 Å². The second-order valence-corrected chi connectivity index (χ2v) is 17.5. The first-order valence-corrected chi connectivity index (χ1v) is 23.7. The Morgan fingerprint density at radius 1 is 0.690 bits per heavy atom. The van der Waals surface area contributed by atoms with Crippen LogP contribution in [0.15, 0.2) is 30.5 Å². The molecule has 28 heteroatoms. The molecule has 27 nitrogen and oxygen atoms in total. The number of carbonyl (C=O) groups is 12. The standard InChI is InChI=1S/C43H60N10O17S/c1-71-16-14-28(43(69)70)50-41(67)31-7-4-15-53(31)42(68)30(18-32(45)55)52-39(65)27(10-13-35(60)61)48-37(63)26(9-12-34(58)59)49-40(66)29(17-21-19-46-24-6-3-2-5-22(21)24)51-38(64)25(8-11-33(56)57)47-36(62)23(44)20-54/h2-3,5-6,19,23,25-31,46,54H,4,7-18,20,44H2,1H3,(H2,45,55)(H,47,62)(H,48,63)(H,49,66)(H,50,67)(H,51,64)(H,52,65)(H,56,57)(H,58,59)(H,60,61)(H,69,70)/t23-,25-,26-,27-,28-,29-,30-,31-/m0/s1. The molecule has 0 saturated carbocycles. The molecule has 1 aliphatic rings. The minimum Gasteiger partial charge on any atom is -0.481 e. The maximum Gasteiger partial charge on any atom is 0.326 e. The van der Waals surface area contributed by atoms with Crippen molar-refractivity contribution in [3.63, 3.8) is 0 Å². The van der Waals surface area contributed by atoms with Crippen LogP contribution >= 0.6 is 11.8 Å². The number of carboxylic acids is 4. The number of amides is 8. The van der Waals surface area contributed by atoms with E-state index >= 15 is 0 Å². The zero-order chi connectivity index (χ0) is 52.9. The lowest BCUT2D eigenvalue weighted by Gasteiger charge is -2.30. The number of hydrogen-bond acceptors (Lipinski definition) is 15. The molecular formula is C43H60N10O17S. The minimum absolute atomic E-state index is 0.0635. The Labute approximate surface area is 409 Å². The van der Waals surface area contributed by atoms with Gasteiger partial charge in [0.2, 0.25) is 47.3 Å². The van der Waals surface area contributed by atoms with Gasteiger partial charge in [0.15, 0.2) is 0 Å². The first-order chi connectivity index (χ1) is 33.6. The number of likely N-dealkylation sites (tertiary alicyclic amines) is 1. The van der Waals surface area contributed by atoms with Crippen molar-refractivity contribution in [1.82, 2.24) is 41.8 Å². The Kier molecular flexibility index (Phi) is 23.2. The zero-order valence-corrected chi connectivity index (χ0v) is 39.4. The van der Waals surface area contributed by atoms with Crippen molar-refractivity contribution < 1.29 is 83.1 Å². The second kappa shape index (κ2) is 28.4. The molecule has 0 aliphatic carbocycles. The van der Waals surface area contributed by atoms with Crippen molar-refractivity contribution in [2.75, 3.05) is 25.2 Å². The number of aromatic nitrogens is 1. The lowest BCUT2D eigenvalue weighted by Crippen LogP contribution is -2.60. The van der Waals surface area contributed by atoms with E-state index in [1.165, 1.54) is 18.0 Å². The monoisotopic (exact) mass is 1020 g/mol. The lowest BCUT2D eigenvalue weighted by atomic mass is 10.0. The molecule has 2 heterocycles. The third-order valence-corrected chi connectivity index (χ3v) is 11.8. The van der Waals surface area contributed by atoms with Crippen LogP contribution in [0, 0.1) is 0 Å². The van der Waals surface area contributed by atoms with Gasteiger partial charge in [0.05, 0.1) is 13.0 Å². The number of carboxylic acid groups (broad SMARTS) is 4. The molecule has 16 N–H and O–H groups in total. The van der Waals surface area contributed by atoms with Gasteiger partial charge in [-0.25, -0.2) is 4.79 Å². The van der Waals surface area contributed by atoms with E-state index in [1.54, 1.807) is 30.5 Å². The van der Waals surface area contributed by atoms with Crippen LogP contribution in [-0.2, 0) is 64.0 Å². The maximum atomic E-state index is 14.3. The minimum atomic E-state index is -1.86. The summed E-state index contributed by atoms with van der Waals surface area (Å²) in [5, 5.41) is 62.0. The van der Waals surface area contributed by atoms with Gasteiger partial charge in [0, 0.05) is 49.3 Å². The van der Waals surface area contributed by atoms with Gasteiger partial charge in [-0.1, -0.05) is 18.2 Å². The third-order valence-electron chi connectivity index (χ3n) is 11.2. The fourth-order valence-electron chi connectivity index (χ4n) is 7.46. The van der Waals surface area contributed by atoms with E-state index in [4.69, 9.17) is 11.5 Å². The Morgan fingerprint density at radius 3 is 1.68 bits per heavy atom. The number of hydrogen-bond donors (Lipinski definition) is 14. The van der Waals surface area contributed by atoms with Crippen molar-refractivity contribution in [3.05, 3.63) is 36.0 Å². The summed E-state index contributed by atoms with van der Waals surface area (Å²) < 4.78 is 0. The summed E-state index contributed by atoms with van der Waals surface area (Å²) in [6.45, 7) is -0.906. The predicted octanol–water partition coefficient (Wildman–Crippen LogP) is -3.76. The molecule has 0 spiro atoms. The number of benzene rings is 1. The number of thioether (sulfide) groups is 1. The van der Waals surface area contributed by atoms with E-state index in [9.17, 15) is 83.1 Å². The fraction of sp³-hybridized carbons (Fsp3) is 0.535. The molecule has 390 valence electrons. The number of aliphatic carboxylic acids is 4. The fourth-order valence-corrected chi connectivity index (χ4v) is 7.93. The van der Waals surface area contributed by atoms with E-state index in [0.29, 0.717) is 22.2 Å². The van der Waals surface area contributed by atoms with Crippen LogP contribution in [0.5, 0.6) is 0 Å². The Bertz CT molecular complexity index is 2290. The first-order valence-electron chi connectivity index (χ1n) is 22.3. The number of aliphatic hydroxyl groups excluding tert-OH is 1. The molecule has 0 unspecified atom stereocenters. The van der Waals surface area contributed by atoms with Gasteiger partial charge in [-0.05, 0) is 62.2 Å². The zero-order valence-electron chi connectivity index (χ0n) is 38.6. The van der Waals surface area contributed by atoms with E-state index in [0.717, 1.165) is 4.90 Å². The van der Waals surface area contributed by atoms with Crippen LogP contribution in [0.4, 0.5) is 0 Å².